The maximum Gasteiger partial charge on any atom is 0.249 e. The van der Waals surface area contributed by atoms with Crippen molar-refractivity contribution in [1.82, 2.24) is 5.32 Å². The molecular weight excluding hydrogens is 194 g/mol. The van der Waals surface area contributed by atoms with E-state index >= 15 is 0 Å². The summed E-state index contributed by atoms with van der Waals surface area (Å²) in [4.78, 5) is 11.4. The number of carbonyl (C=O) groups is 1. The molecule has 86 valence electrons. The van der Waals surface area contributed by atoms with Crippen LogP contribution in [0, 0.1) is 0 Å². The van der Waals surface area contributed by atoms with Crippen LogP contribution in [0.2, 0.25) is 0 Å². The second-order valence-corrected chi connectivity index (χ2v) is 3.68. The van der Waals surface area contributed by atoms with E-state index in [0.717, 1.165) is 19.4 Å². The van der Waals surface area contributed by atoms with Gasteiger partial charge in [-0.05, 0) is 6.42 Å². The highest BCUT2D eigenvalue weighted by molar-refractivity contribution is 5.92. The number of ether oxygens (including phenoxy) is 2. The molecule has 1 fully saturated rings. The molecule has 4 heteroatoms. The van der Waals surface area contributed by atoms with Gasteiger partial charge in [0.05, 0.1) is 19.3 Å². The van der Waals surface area contributed by atoms with Crippen molar-refractivity contribution in [3.05, 3.63) is 12.2 Å². The number of rotatable bonds is 8. The van der Waals surface area contributed by atoms with Gasteiger partial charge < -0.3 is 14.8 Å². The van der Waals surface area contributed by atoms with Gasteiger partial charge in [0.15, 0.2) is 0 Å². The van der Waals surface area contributed by atoms with Gasteiger partial charge in [-0.25, -0.2) is 0 Å². The lowest BCUT2D eigenvalue weighted by Gasteiger charge is -2.07. The van der Waals surface area contributed by atoms with Crippen LogP contribution in [0.15, 0.2) is 12.2 Å². The molecule has 1 saturated heterocycles. The van der Waals surface area contributed by atoms with Gasteiger partial charge in [0.1, 0.15) is 0 Å². The van der Waals surface area contributed by atoms with Crippen molar-refractivity contribution in [3.63, 3.8) is 0 Å². The fourth-order valence-corrected chi connectivity index (χ4v) is 1.02. The molecule has 1 unspecified atom stereocenters. The summed E-state index contributed by atoms with van der Waals surface area (Å²) in [5.74, 6) is -0.137. The molecule has 0 spiro atoms. The highest BCUT2D eigenvalue weighted by atomic mass is 16.6. The fourth-order valence-electron chi connectivity index (χ4n) is 1.02. The van der Waals surface area contributed by atoms with Crippen LogP contribution < -0.4 is 5.32 Å². The van der Waals surface area contributed by atoms with E-state index in [4.69, 9.17) is 9.47 Å². The molecule has 0 aromatic carbocycles. The molecule has 1 aliphatic heterocycles. The molecule has 0 radical (unpaired) electrons. The average Bonchev–Trinajstić information content (AvgIpc) is 3.04. The number of amides is 1. The molecule has 1 aliphatic rings. The smallest absolute Gasteiger partial charge is 0.249 e. The highest BCUT2D eigenvalue weighted by Gasteiger charge is 2.23. The average molecular weight is 213 g/mol. The zero-order chi connectivity index (χ0) is 11.1. The molecule has 1 N–H and O–H groups in total. The maximum absolute atomic E-state index is 11.4. The zero-order valence-electron chi connectivity index (χ0n) is 9.25. The molecular formula is C11H19NO3. The Morgan fingerprint density at radius 3 is 3.00 bits per heavy atom. The number of carbonyl (C=O) groups excluding carboxylic acids is 1. The van der Waals surface area contributed by atoms with E-state index < -0.39 is 0 Å². The van der Waals surface area contributed by atoms with Crippen LogP contribution >= 0.6 is 0 Å². The Morgan fingerprint density at radius 2 is 2.40 bits per heavy atom. The third-order valence-electron chi connectivity index (χ3n) is 2.13. The van der Waals surface area contributed by atoms with Crippen LogP contribution in [-0.2, 0) is 14.3 Å². The first-order valence-corrected chi connectivity index (χ1v) is 5.39. The summed E-state index contributed by atoms with van der Waals surface area (Å²) in [6, 6.07) is 0. The lowest BCUT2D eigenvalue weighted by atomic mass is 10.3. The fraction of sp³-hybridized carbons (Fsp3) is 0.727. The molecule has 0 bridgehead atoms. The Morgan fingerprint density at radius 1 is 1.67 bits per heavy atom. The van der Waals surface area contributed by atoms with E-state index in [1.807, 2.05) is 0 Å². The lowest BCUT2D eigenvalue weighted by molar-refractivity contribution is -0.118. The van der Waals surface area contributed by atoms with E-state index in [0.29, 0.717) is 25.3 Å². The molecule has 0 aromatic heterocycles. The van der Waals surface area contributed by atoms with E-state index in [2.05, 4.69) is 18.8 Å². The molecule has 4 nitrogen and oxygen atoms in total. The zero-order valence-corrected chi connectivity index (χ0v) is 9.25. The van der Waals surface area contributed by atoms with Gasteiger partial charge >= 0.3 is 0 Å². The van der Waals surface area contributed by atoms with Crippen molar-refractivity contribution in [2.45, 2.75) is 25.9 Å². The van der Waals surface area contributed by atoms with Crippen LogP contribution in [0.4, 0.5) is 0 Å². The number of hydrogen-bond acceptors (Lipinski definition) is 3. The lowest BCUT2D eigenvalue weighted by Crippen LogP contribution is -2.29. The monoisotopic (exact) mass is 213 g/mol. The molecule has 1 heterocycles. The summed E-state index contributed by atoms with van der Waals surface area (Å²) < 4.78 is 10.3. The van der Waals surface area contributed by atoms with Crippen molar-refractivity contribution in [3.8, 4) is 0 Å². The summed E-state index contributed by atoms with van der Waals surface area (Å²) in [6.07, 6.45) is 2.32. The summed E-state index contributed by atoms with van der Waals surface area (Å²) in [6.45, 7) is 8.10. The van der Waals surface area contributed by atoms with E-state index in [1.54, 1.807) is 0 Å². The van der Waals surface area contributed by atoms with Crippen LogP contribution in [0.1, 0.15) is 19.8 Å². The predicted molar refractivity (Wildman–Crippen MR) is 57.6 cm³/mol. The van der Waals surface area contributed by atoms with Gasteiger partial charge in [-0.1, -0.05) is 19.9 Å². The van der Waals surface area contributed by atoms with Gasteiger partial charge in [-0.3, -0.25) is 4.79 Å². The summed E-state index contributed by atoms with van der Waals surface area (Å²) in [5, 5.41) is 2.74. The minimum Gasteiger partial charge on any atom is -0.377 e. The Kier molecular flexibility index (Phi) is 5.36. The van der Waals surface area contributed by atoms with Gasteiger partial charge in [0.25, 0.3) is 0 Å². The summed E-state index contributed by atoms with van der Waals surface area (Å²) in [5.41, 5.74) is 0.478. The minimum absolute atomic E-state index is 0.137. The number of epoxide rings is 1. The molecule has 1 rings (SSSR count). The van der Waals surface area contributed by atoms with Gasteiger partial charge in [-0.15, -0.1) is 0 Å². The van der Waals surface area contributed by atoms with E-state index in [1.165, 1.54) is 0 Å². The summed E-state index contributed by atoms with van der Waals surface area (Å²) in [7, 11) is 0. The molecule has 1 amide bonds. The molecule has 0 aromatic rings. The first-order chi connectivity index (χ1) is 7.24. The van der Waals surface area contributed by atoms with Crippen molar-refractivity contribution in [1.29, 1.82) is 0 Å². The Labute approximate surface area is 90.6 Å². The first kappa shape index (κ1) is 12.2. The standard InChI is InChI=1S/C11H19NO3/c1-3-4-5-14-7-9(2)11(13)12-6-10-8-15-10/h10H,2-8H2,1H3,(H,12,13). The van der Waals surface area contributed by atoms with Gasteiger partial charge in [0.2, 0.25) is 5.91 Å². The Balaban J connectivity index is 2.01. The number of unbranched alkanes of at least 4 members (excludes halogenated alkanes) is 1. The largest absolute Gasteiger partial charge is 0.377 e. The molecule has 1 atom stereocenters. The first-order valence-electron chi connectivity index (χ1n) is 5.39. The topological polar surface area (TPSA) is 50.9 Å². The van der Waals surface area contributed by atoms with Crippen LogP contribution in [-0.4, -0.2) is 38.4 Å². The van der Waals surface area contributed by atoms with Crippen LogP contribution in [0.25, 0.3) is 0 Å². The maximum atomic E-state index is 11.4. The number of nitrogens with one attached hydrogen (secondary N) is 1. The molecule has 15 heavy (non-hydrogen) atoms. The van der Waals surface area contributed by atoms with Crippen molar-refractivity contribution in [2.24, 2.45) is 0 Å². The third-order valence-corrected chi connectivity index (χ3v) is 2.13. The van der Waals surface area contributed by atoms with Crippen molar-refractivity contribution >= 4 is 5.91 Å². The quantitative estimate of drug-likeness (QED) is 0.370. The van der Waals surface area contributed by atoms with E-state index in [-0.39, 0.29) is 12.0 Å². The molecule has 0 saturated carbocycles. The normalized spacial score (nSPS) is 18.6. The van der Waals surface area contributed by atoms with Crippen LogP contribution in [0.3, 0.4) is 0 Å². The molecule has 0 aliphatic carbocycles. The van der Waals surface area contributed by atoms with Crippen LogP contribution in [0.5, 0.6) is 0 Å². The van der Waals surface area contributed by atoms with Crippen molar-refractivity contribution < 1.29 is 14.3 Å². The third kappa shape index (κ3) is 5.54. The second-order valence-electron chi connectivity index (χ2n) is 3.68. The minimum atomic E-state index is -0.137. The Bertz CT molecular complexity index is 224. The highest BCUT2D eigenvalue weighted by Crippen LogP contribution is 2.06. The van der Waals surface area contributed by atoms with Crippen molar-refractivity contribution in [2.75, 3.05) is 26.4 Å². The SMILES string of the molecule is C=C(COCCCC)C(=O)NCC1CO1. The van der Waals surface area contributed by atoms with Gasteiger partial charge in [0, 0.05) is 18.7 Å². The van der Waals surface area contributed by atoms with E-state index in [9.17, 15) is 4.79 Å². The van der Waals surface area contributed by atoms with Gasteiger partial charge in [-0.2, -0.15) is 0 Å². The Hall–Kier alpha value is -0.870. The predicted octanol–water partition coefficient (Wildman–Crippen LogP) is 0.874. The second kappa shape index (κ2) is 6.58. The summed E-state index contributed by atoms with van der Waals surface area (Å²) >= 11 is 0. The number of hydrogen-bond donors (Lipinski definition) is 1.